The zero-order valence-electron chi connectivity index (χ0n) is 8.63. The summed E-state index contributed by atoms with van der Waals surface area (Å²) in [5.41, 5.74) is 1.13. The molecule has 2 heteroatoms. The molecular formula is C11H16O2. The first-order valence-electron chi connectivity index (χ1n) is 4.41. The first-order valence-corrected chi connectivity index (χ1v) is 4.41. The first kappa shape index (κ1) is 9.90. The molecule has 0 aliphatic heterocycles. The van der Waals surface area contributed by atoms with Crippen molar-refractivity contribution in [3.8, 4) is 11.5 Å². The third kappa shape index (κ3) is 1.94. The molecule has 0 atom stereocenters. The van der Waals surface area contributed by atoms with Crippen molar-refractivity contribution in [2.75, 3.05) is 14.2 Å². The minimum absolute atomic E-state index is 0.408. The van der Waals surface area contributed by atoms with Gasteiger partial charge in [-0.15, -0.1) is 0 Å². The second-order valence-electron chi connectivity index (χ2n) is 3.23. The number of hydrogen-bond acceptors (Lipinski definition) is 2. The maximum Gasteiger partial charge on any atom is 0.126 e. The van der Waals surface area contributed by atoms with Crippen molar-refractivity contribution < 1.29 is 9.47 Å². The van der Waals surface area contributed by atoms with Gasteiger partial charge in [0, 0.05) is 5.56 Å². The van der Waals surface area contributed by atoms with E-state index in [1.807, 2.05) is 18.2 Å². The Morgan fingerprint density at radius 2 is 1.46 bits per heavy atom. The Kier molecular flexibility index (Phi) is 3.18. The Hall–Kier alpha value is -1.18. The molecule has 0 fully saturated rings. The average molecular weight is 180 g/mol. The van der Waals surface area contributed by atoms with Crippen LogP contribution in [0.15, 0.2) is 18.2 Å². The van der Waals surface area contributed by atoms with Gasteiger partial charge in [-0.2, -0.15) is 0 Å². The summed E-state index contributed by atoms with van der Waals surface area (Å²) in [5.74, 6) is 2.20. The minimum Gasteiger partial charge on any atom is -0.496 e. The van der Waals surface area contributed by atoms with Gasteiger partial charge in [-0.3, -0.25) is 0 Å². The molecule has 0 amide bonds. The Morgan fingerprint density at radius 1 is 1.00 bits per heavy atom. The lowest BCUT2D eigenvalue weighted by atomic mass is 10.0. The molecule has 0 heterocycles. The number of benzene rings is 1. The number of ether oxygens (including phenoxy) is 2. The first-order chi connectivity index (χ1) is 6.20. The van der Waals surface area contributed by atoms with Crippen molar-refractivity contribution in [2.45, 2.75) is 19.8 Å². The van der Waals surface area contributed by atoms with Crippen LogP contribution in [-0.2, 0) is 0 Å². The Bertz CT molecular complexity index is 257. The Morgan fingerprint density at radius 3 is 1.77 bits per heavy atom. The molecule has 1 aromatic rings. The zero-order chi connectivity index (χ0) is 9.84. The molecule has 0 bridgehead atoms. The second-order valence-corrected chi connectivity index (χ2v) is 3.23. The van der Waals surface area contributed by atoms with Gasteiger partial charge in [-0.1, -0.05) is 19.9 Å². The van der Waals surface area contributed by atoms with E-state index in [1.165, 1.54) is 0 Å². The molecule has 0 aliphatic carbocycles. The normalized spacial score (nSPS) is 10.2. The van der Waals surface area contributed by atoms with E-state index in [1.54, 1.807) is 14.2 Å². The maximum atomic E-state index is 5.27. The predicted molar refractivity (Wildman–Crippen MR) is 53.6 cm³/mol. The molecule has 0 N–H and O–H groups in total. The highest BCUT2D eigenvalue weighted by Crippen LogP contribution is 2.34. The highest BCUT2D eigenvalue weighted by molar-refractivity contribution is 5.46. The van der Waals surface area contributed by atoms with Crippen molar-refractivity contribution in [1.29, 1.82) is 0 Å². The van der Waals surface area contributed by atoms with E-state index in [-0.39, 0.29) is 0 Å². The lowest BCUT2D eigenvalue weighted by Gasteiger charge is -2.15. The molecule has 0 saturated carbocycles. The molecule has 0 unspecified atom stereocenters. The van der Waals surface area contributed by atoms with Crippen LogP contribution in [-0.4, -0.2) is 14.2 Å². The van der Waals surface area contributed by atoms with E-state index >= 15 is 0 Å². The highest BCUT2D eigenvalue weighted by atomic mass is 16.5. The van der Waals surface area contributed by atoms with E-state index in [4.69, 9.17) is 9.47 Å². The molecule has 1 aromatic carbocycles. The molecule has 0 spiro atoms. The molecule has 1 rings (SSSR count). The molecular weight excluding hydrogens is 164 g/mol. The average Bonchev–Trinajstić information content (AvgIpc) is 2.16. The Balaban J connectivity index is 3.21. The standard InChI is InChI=1S/C11H16O2/c1-8(2)11-9(12-3)6-5-7-10(11)13-4/h5-8H,1-4H3. The SMILES string of the molecule is COc1cccc(OC)c1C(C)C. The van der Waals surface area contributed by atoms with Crippen LogP contribution in [0.1, 0.15) is 25.3 Å². The quantitative estimate of drug-likeness (QED) is 0.712. The fourth-order valence-electron chi connectivity index (χ4n) is 1.45. The molecule has 0 radical (unpaired) electrons. The summed E-state index contributed by atoms with van der Waals surface area (Å²) >= 11 is 0. The topological polar surface area (TPSA) is 18.5 Å². The summed E-state index contributed by atoms with van der Waals surface area (Å²) in [6.07, 6.45) is 0. The van der Waals surface area contributed by atoms with Gasteiger partial charge in [0.1, 0.15) is 11.5 Å². The van der Waals surface area contributed by atoms with Crippen LogP contribution in [0.25, 0.3) is 0 Å². The van der Waals surface area contributed by atoms with Crippen LogP contribution < -0.4 is 9.47 Å². The van der Waals surface area contributed by atoms with Crippen molar-refractivity contribution in [2.24, 2.45) is 0 Å². The van der Waals surface area contributed by atoms with Crippen molar-refractivity contribution in [3.05, 3.63) is 23.8 Å². The zero-order valence-corrected chi connectivity index (χ0v) is 8.63. The second kappa shape index (κ2) is 4.17. The smallest absolute Gasteiger partial charge is 0.126 e. The third-order valence-electron chi connectivity index (χ3n) is 2.04. The number of hydrogen-bond donors (Lipinski definition) is 0. The molecule has 0 saturated heterocycles. The van der Waals surface area contributed by atoms with Crippen LogP contribution in [0, 0.1) is 0 Å². The summed E-state index contributed by atoms with van der Waals surface area (Å²) in [6, 6.07) is 5.85. The van der Waals surface area contributed by atoms with E-state index < -0.39 is 0 Å². The van der Waals surface area contributed by atoms with Crippen LogP contribution in [0.5, 0.6) is 11.5 Å². The van der Waals surface area contributed by atoms with E-state index in [9.17, 15) is 0 Å². The monoisotopic (exact) mass is 180 g/mol. The molecule has 13 heavy (non-hydrogen) atoms. The fourth-order valence-corrected chi connectivity index (χ4v) is 1.45. The van der Waals surface area contributed by atoms with Crippen molar-refractivity contribution in [1.82, 2.24) is 0 Å². The van der Waals surface area contributed by atoms with Crippen LogP contribution in [0.3, 0.4) is 0 Å². The van der Waals surface area contributed by atoms with E-state index in [2.05, 4.69) is 13.8 Å². The van der Waals surface area contributed by atoms with Gasteiger partial charge in [0.05, 0.1) is 14.2 Å². The summed E-state index contributed by atoms with van der Waals surface area (Å²) in [4.78, 5) is 0. The summed E-state index contributed by atoms with van der Waals surface area (Å²) in [6.45, 7) is 4.25. The van der Waals surface area contributed by atoms with Gasteiger partial charge in [0.15, 0.2) is 0 Å². The van der Waals surface area contributed by atoms with Crippen molar-refractivity contribution >= 4 is 0 Å². The van der Waals surface area contributed by atoms with Crippen LogP contribution in [0.2, 0.25) is 0 Å². The lowest BCUT2D eigenvalue weighted by Crippen LogP contribution is -1.98. The fraction of sp³-hybridized carbons (Fsp3) is 0.455. The van der Waals surface area contributed by atoms with Gasteiger partial charge in [0.25, 0.3) is 0 Å². The number of rotatable bonds is 3. The molecule has 0 aliphatic rings. The van der Waals surface area contributed by atoms with Gasteiger partial charge in [-0.25, -0.2) is 0 Å². The van der Waals surface area contributed by atoms with Crippen molar-refractivity contribution in [3.63, 3.8) is 0 Å². The number of methoxy groups -OCH3 is 2. The summed E-state index contributed by atoms with van der Waals surface area (Å²) < 4.78 is 10.5. The maximum absolute atomic E-state index is 5.27. The van der Waals surface area contributed by atoms with Gasteiger partial charge < -0.3 is 9.47 Å². The summed E-state index contributed by atoms with van der Waals surface area (Å²) in [5, 5.41) is 0. The van der Waals surface area contributed by atoms with E-state index in [0.717, 1.165) is 17.1 Å². The van der Waals surface area contributed by atoms with Crippen LogP contribution >= 0.6 is 0 Å². The minimum atomic E-state index is 0.408. The van der Waals surface area contributed by atoms with E-state index in [0.29, 0.717) is 5.92 Å². The lowest BCUT2D eigenvalue weighted by molar-refractivity contribution is 0.382. The molecule has 72 valence electrons. The van der Waals surface area contributed by atoms with Gasteiger partial charge >= 0.3 is 0 Å². The molecule has 0 aromatic heterocycles. The van der Waals surface area contributed by atoms with Gasteiger partial charge in [0.2, 0.25) is 0 Å². The Labute approximate surface area is 79.5 Å². The largest absolute Gasteiger partial charge is 0.496 e. The predicted octanol–water partition coefficient (Wildman–Crippen LogP) is 2.83. The summed E-state index contributed by atoms with van der Waals surface area (Å²) in [7, 11) is 3.36. The van der Waals surface area contributed by atoms with Crippen LogP contribution in [0.4, 0.5) is 0 Å². The third-order valence-corrected chi connectivity index (χ3v) is 2.04. The van der Waals surface area contributed by atoms with Gasteiger partial charge in [-0.05, 0) is 18.1 Å². The highest BCUT2D eigenvalue weighted by Gasteiger charge is 2.12. The molecule has 2 nitrogen and oxygen atoms in total.